The van der Waals surface area contributed by atoms with Crippen LogP contribution >= 0.6 is 0 Å². The van der Waals surface area contributed by atoms with Crippen LogP contribution in [0.15, 0.2) is 36.4 Å². The largest absolute Gasteiger partial charge is 0.349 e. The van der Waals surface area contributed by atoms with Crippen molar-refractivity contribution in [1.29, 1.82) is 0 Å². The lowest BCUT2D eigenvalue weighted by atomic mass is 10.1. The third-order valence-corrected chi connectivity index (χ3v) is 4.80. The molecule has 144 valence electrons. The summed E-state index contributed by atoms with van der Waals surface area (Å²) in [7, 11) is 1.81. The van der Waals surface area contributed by atoms with E-state index in [2.05, 4.69) is 20.6 Å². The summed E-state index contributed by atoms with van der Waals surface area (Å²) >= 11 is 0. The zero-order valence-corrected chi connectivity index (χ0v) is 16.0. The van der Waals surface area contributed by atoms with Gasteiger partial charge < -0.3 is 15.1 Å². The summed E-state index contributed by atoms with van der Waals surface area (Å²) in [6.45, 7) is 3.82. The third-order valence-electron chi connectivity index (χ3n) is 4.80. The number of carbonyl (C=O) groups is 2. The number of fused-ring (bicyclic) bond motifs is 2. The van der Waals surface area contributed by atoms with E-state index < -0.39 is 0 Å². The van der Waals surface area contributed by atoms with Crippen molar-refractivity contribution in [2.24, 2.45) is 0 Å². The standard InChI is InChI=1S/C19H21N7O2/c1-12-10-18(27)20-14-6-4-5-7-15(14)25(12)19(28)11-24(3)17-9-8-16-22-21-13(2)26(16)23-17/h4-9,12H,10-11H2,1-3H3,(H,20,27). The van der Waals surface area contributed by atoms with Crippen molar-refractivity contribution in [3.05, 3.63) is 42.2 Å². The fourth-order valence-corrected chi connectivity index (χ4v) is 3.42. The number of benzene rings is 1. The quantitative estimate of drug-likeness (QED) is 0.743. The number of hydrogen-bond acceptors (Lipinski definition) is 6. The molecule has 1 aliphatic rings. The van der Waals surface area contributed by atoms with Gasteiger partial charge in [-0.25, -0.2) is 0 Å². The van der Waals surface area contributed by atoms with Crippen molar-refractivity contribution in [2.45, 2.75) is 26.3 Å². The molecule has 2 amide bonds. The number of hydrogen-bond donors (Lipinski definition) is 1. The van der Waals surface area contributed by atoms with Crippen LogP contribution in [0.2, 0.25) is 0 Å². The molecule has 9 nitrogen and oxygen atoms in total. The molecule has 0 saturated heterocycles. The molecule has 1 aromatic carbocycles. The summed E-state index contributed by atoms with van der Waals surface area (Å²) < 4.78 is 1.64. The average Bonchev–Trinajstić information content (AvgIpc) is 2.97. The summed E-state index contributed by atoms with van der Waals surface area (Å²) in [6.07, 6.45) is 0.244. The minimum atomic E-state index is -0.250. The third kappa shape index (κ3) is 3.15. The van der Waals surface area contributed by atoms with Crippen LogP contribution < -0.4 is 15.1 Å². The zero-order chi connectivity index (χ0) is 19.8. The number of likely N-dealkylation sites (N-methyl/N-ethyl adjacent to an activating group) is 1. The Kier molecular flexibility index (Phi) is 4.42. The minimum Gasteiger partial charge on any atom is -0.349 e. The van der Waals surface area contributed by atoms with Crippen molar-refractivity contribution in [3.63, 3.8) is 0 Å². The lowest BCUT2D eigenvalue weighted by Gasteiger charge is -2.30. The van der Waals surface area contributed by atoms with E-state index in [4.69, 9.17) is 0 Å². The molecule has 0 fully saturated rings. The number of aryl methyl sites for hydroxylation is 1. The van der Waals surface area contributed by atoms with Crippen molar-refractivity contribution in [3.8, 4) is 0 Å². The van der Waals surface area contributed by atoms with Gasteiger partial charge in [0.15, 0.2) is 11.5 Å². The van der Waals surface area contributed by atoms with Crippen molar-refractivity contribution in [2.75, 3.05) is 28.7 Å². The maximum Gasteiger partial charge on any atom is 0.246 e. The monoisotopic (exact) mass is 379 g/mol. The Hall–Kier alpha value is -3.49. The van der Waals surface area contributed by atoms with Gasteiger partial charge in [0.25, 0.3) is 0 Å². The fourth-order valence-electron chi connectivity index (χ4n) is 3.42. The van der Waals surface area contributed by atoms with Crippen LogP contribution in [0.25, 0.3) is 5.65 Å². The number of nitrogens with zero attached hydrogens (tertiary/aromatic N) is 6. The number of aromatic nitrogens is 4. The van der Waals surface area contributed by atoms with Gasteiger partial charge in [0.05, 0.1) is 17.9 Å². The average molecular weight is 379 g/mol. The molecular formula is C19H21N7O2. The topological polar surface area (TPSA) is 95.7 Å². The van der Waals surface area contributed by atoms with Crippen LogP contribution in [-0.2, 0) is 9.59 Å². The Morgan fingerprint density at radius 1 is 1.25 bits per heavy atom. The highest BCUT2D eigenvalue weighted by Crippen LogP contribution is 2.31. The van der Waals surface area contributed by atoms with Crippen LogP contribution in [0, 0.1) is 6.92 Å². The Morgan fingerprint density at radius 2 is 2.04 bits per heavy atom. The van der Waals surface area contributed by atoms with Gasteiger partial charge in [0.1, 0.15) is 5.82 Å². The smallest absolute Gasteiger partial charge is 0.246 e. The highest BCUT2D eigenvalue weighted by Gasteiger charge is 2.30. The van der Waals surface area contributed by atoms with E-state index in [9.17, 15) is 9.59 Å². The van der Waals surface area contributed by atoms with E-state index in [1.54, 1.807) is 20.4 Å². The van der Waals surface area contributed by atoms with Gasteiger partial charge in [-0.05, 0) is 38.1 Å². The SMILES string of the molecule is Cc1nnc2ccc(N(C)CC(=O)N3c4ccccc4NC(=O)CC3C)nn12. The van der Waals surface area contributed by atoms with E-state index in [0.717, 1.165) is 0 Å². The second kappa shape index (κ2) is 6.91. The summed E-state index contributed by atoms with van der Waals surface area (Å²) in [5.41, 5.74) is 2.01. The zero-order valence-electron chi connectivity index (χ0n) is 16.0. The van der Waals surface area contributed by atoms with Crippen LogP contribution in [0.3, 0.4) is 0 Å². The molecule has 0 aliphatic carbocycles. The second-order valence-electron chi connectivity index (χ2n) is 6.95. The van der Waals surface area contributed by atoms with Gasteiger partial charge in [0, 0.05) is 19.5 Å². The van der Waals surface area contributed by atoms with Crippen LogP contribution in [-0.4, -0.2) is 51.3 Å². The summed E-state index contributed by atoms with van der Waals surface area (Å²) in [4.78, 5) is 28.8. The molecule has 9 heteroatoms. The van der Waals surface area contributed by atoms with Crippen molar-refractivity contribution in [1.82, 2.24) is 19.8 Å². The Bertz CT molecular complexity index is 1060. The molecule has 1 unspecified atom stereocenters. The van der Waals surface area contributed by atoms with E-state index in [1.165, 1.54) is 0 Å². The lowest BCUT2D eigenvalue weighted by Crippen LogP contribution is -2.44. The van der Waals surface area contributed by atoms with Gasteiger partial charge >= 0.3 is 0 Å². The van der Waals surface area contributed by atoms with E-state index >= 15 is 0 Å². The molecule has 3 aromatic rings. The summed E-state index contributed by atoms with van der Waals surface area (Å²) in [5.74, 6) is 1.10. The minimum absolute atomic E-state index is 0.0983. The number of amides is 2. The maximum atomic E-state index is 13.2. The predicted molar refractivity (Wildman–Crippen MR) is 105 cm³/mol. The number of anilines is 3. The Morgan fingerprint density at radius 3 is 2.86 bits per heavy atom. The molecular weight excluding hydrogens is 358 g/mol. The predicted octanol–water partition coefficient (Wildman–Crippen LogP) is 1.63. The van der Waals surface area contributed by atoms with Crippen LogP contribution in [0.1, 0.15) is 19.2 Å². The maximum absolute atomic E-state index is 13.2. The van der Waals surface area contributed by atoms with E-state index in [0.29, 0.717) is 28.7 Å². The van der Waals surface area contributed by atoms with E-state index in [-0.39, 0.29) is 30.8 Å². The van der Waals surface area contributed by atoms with Crippen molar-refractivity contribution >= 4 is 34.7 Å². The second-order valence-corrected chi connectivity index (χ2v) is 6.95. The van der Waals surface area contributed by atoms with Crippen LogP contribution in [0.5, 0.6) is 0 Å². The van der Waals surface area contributed by atoms with Gasteiger partial charge in [0.2, 0.25) is 11.8 Å². The van der Waals surface area contributed by atoms with E-state index in [1.807, 2.05) is 51.2 Å². The van der Waals surface area contributed by atoms with Gasteiger partial charge in [-0.15, -0.1) is 15.3 Å². The number of carbonyl (C=O) groups excluding carboxylic acids is 2. The molecule has 1 aliphatic heterocycles. The molecule has 2 aromatic heterocycles. The first kappa shape index (κ1) is 17.9. The molecule has 0 bridgehead atoms. The Labute approximate surface area is 162 Å². The normalized spacial score (nSPS) is 16.5. The van der Waals surface area contributed by atoms with Gasteiger partial charge in [-0.1, -0.05) is 12.1 Å². The Balaban J connectivity index is 1.61. The highest BCUT2D eigenvalue weighted by molar-refractivity contribution is 6.05. The lowest BCUT2D eigenvalue weighted by molar-refractivity contribution is -0.118. The summed E-state index contributed by atoms with van der Waals surface area (Å²) in [5, 5.41) is 15.4. The summed E-state index contributed by atoms with van der Waals surface area (Å²) in [6, 6.07) is 10.7. The van der Waals surface area contributed by atoms with Crippen molar-refractivity contribution < 1.29 is 9.59 Å². The molecule has 1 N–H and O–H groups in total. The number of para-hydroxylation sites is 2. The fraction of sp³-hybridized carbons (Fsp3) is 0.316. The highest BCUT2D eigenvalue weighted by atomic mass is 16.2. The molecule has 0 radical (unpaired) electrons. The molecule has 1 atom stereocenters. The molecule has 0 saturated carbocycles. The molecule has 28 heavy (non-hydrogen) atoms. The molecule has 0 spiro atoms. The molecule has 3 heterocycles. The molecule has 4 rings (SSSR count). The first-order valence-electron chi connectivity index (χ1n) is 9.05. The first-order chi connectivity index (χ1) is 13.4. The first-order valence-corrected chi connectivity index (χ1v) is 9.05. The number of nitrogens with one attached hydrogen (secondary N) is 1. The van der Waals surface area contributed by atoms with Crippen LogP contribution in [0.4, 0.5) is 17.2 Å². The van der Waals surface area contributed by atoms with Gasteiger partial charge in [-0.2, -0.15) is 4.52 Å². The number of rotatable bonds is 3. The van der Waals surface area contributed by atoms with Gasteiger partial charge in [-0.3, -0.25) is 9.59 Å².